The van der Waals surface area contributed by atoms with Gasteiger partial charge in [-0.1, -0.05) is 0 Å². The largest absolute Gasteiger partial charge is 1.00 e. The molecule has 0 fully saturated rings. The summed E-state index contributed by atoms with van der Waals surface area (Å²) in [6, 6.07) is 37.6. The van der Waals surface area contributed by atoms with E-state index in [2.05, 4.69) is 143 Å². The molecule has 0 radical (unpaired) electrons. The summed E-state index contributed by atoms with van der Waals surface area (Å²) in [5, 5.41) is 1.72. The summed E-state index contributed by atoms with van der Waals surface area (Å²) in [5.74, 6) is 0. The van der Waals surface area contributed by atoms with Gasteiger partial charge >= 0.3 is 251 Å². The van der Waals surface area contributed by atoms with E-state index in [1.165, 1.54) is 33.4 Å². The molecule has 0 atom stereocenters. The van der Waals surface area contributed by atoms with Gasteiger partial charge in [0.15, 0.2) is 0 Å². The van der Waals surface area contributed by atoms with Gasteiger partial charge in [0.25, 0.3) is 0 Å². The molecule has 0 unspecified atom stereocenters. The normalized spacial score (nSPS) is 13.5. The molecule has 0 spiro atoms. The third-order valence-corrected chi connectivity index (χ3v) is 19.9. The monoisotopic (exact) mass is 684 g/mol. The summed E-state index contributed by atoms with van der Waals surface area (Å²) in [4.78, 5) is 0. The van der Waals surface area contributed by atoms with Crippen molar-refractivity contribution in [2.24, 2.45) is 0 Å². The zero-order chi connectivity index (χ0) is 27.9. The number of hydrogen-bond acceptors (Lipinski definition) is 0. The average Bonchev–Trinajstić information content (AvgIpc) is 3.59. The molecule has 0 amide bonds. The van der Waals surface area contributed by atoms with E-state index >= 15 is 0 Å². The Morgan fingerprint density at radius 3 is 1.60 bits per heavy atom. The number of allylic oxidation sites excluding steroid dienone is 4. The molecule has 4 heteroatoms. The molecule has 0 nitrogen and oxygen atoms in total. The molecule has 0 heterocycles. The Balaban J connectivity index is 0.00000202. The fraction of sp³-hybridized carbons (Fsp3) is 0.237. The van der Waals surface area contributed by atoms with Crippen LogP contribution in [0, 0.1) is 0 Å². The first-order chi connectivity index (χ1) is 19.4. The zero-order valence-corrected chi connectivity index (χ0v) is 30.3. The van der Waals surface area contributed by atoms with Crippen LogP contribution in [0.25, 0.3) is 11.1 Å². The first kappa shape index (κ1) is 32.8. The number of fused-ring (bicyclic) bond motifs is 3. The van der Waals surface area contributed by atoms with Crippen LogP contribution in [-0.4, -0.2) is 11.3 Å². The second kappa shape index (κ2) is 13.7. The fourth-order valence-corrected chi connectivity index (χ4v) is 21.0. The van der Waals surface area contributed by atoms with Crippen molar-refractivity contribution in [3.05, 3.63) is 151 Å². The Bertz CT molecular complexity index is 1570. The van der Waals surface area contributed by atoms with Crippen molar-refractivity contribution in [2.75, 3.05) is 0 Å². The average molecular weight is 687 g/mol. The van der Waals surface area contributed by atoms with E-state index in [9.17, 15) is 0 Å². The van der Waals surface area contributed by atoms with Crippen LogP contribution in [-0.2, 0) is 34.1 Å². The Morgan fingerprint density at radius 1 is 0.690 bits per heavy atom. The molecular formula is C38H40Cl2SiZr. The Kier molecular flexibility index (Phi) is 10.7. The van der Waals surface area contributed by atoms with E-state index in [0.29, 0.717) is 3.63 Å². The first-order valence-electron chi connectivity index (χ1n) is 14.9. The number of aryl methyl sites for hydroxylation is 2. The van der Waals surface area contributed by atoms with Crippen LogP contribution < -0.4 is 24.8 Å². The topological polar surface area (TPSA) is 0 Å². The van der Waals surface area contributed by atoms with Gasteiger partial charge in [0.05, 0.1) is 0 Å². The third-order valence-electron chi connectivity index (χ3n) is 8.71. The second-order valence-corrected chi connectivity index (χ2v) is 23.5. The fourth-order valence-electron chi connectivity index (χ4n) is 6.73. The zero-order valence-electron chi connectivity index (χ0n) is 25.3. The smallest absolute Gasteiger partial charge is 1.00 e. The first-order valence-corrected chi connectivity index (χ1v) is 22.3. The van der Waals surface area contributed by atoms with E-state index in [1.54, 1.807) is 19.5 Å². The quantitative estimate of drug-likeness (QED) is 0.259. The predicted octanol–water partition coefficient (Wildman–Crippen LogP) is 3.87. The van der Waals surface area contributed by atoms with E-state index in [0.717, 1.165) is 19.3 Å². The van der Waals surface area contributed by atoms with Crippen molar-refractivity contribution < 1.29 is 46.1 Å². The minimum Gasteiger partial charge on any atom is -1.00 e. The van der Waals surface area contributed by atoms with Gasteiger partial charge in [-0.3, -0.25) is 0 Å². The molecule has 0 aliphatic heterocycles. The number of hydrogen-bond donors (Lipinski definition) is 0. The van der Waals surface area contributed by atoms with Gasteiger partial charge < -0.3 is 24.8 Å². The summed E-state index contributed by atoms with van der Waals surface area (Å²) >= 11 is -2.70. The van der Waals surface area contributed by atoms with Crippen LogP contribution in [0.2, 0.25) is 19.6 Å². The summed E-state index contributed by atoms with van der Waals surface area (Å²) in [6.45, 7) is 12.2. The number of halogens is 2. The van der Waals surface area contributed by atoms with Gasteiger partial charge in [0.1, 0.15) is 0 Å². The Labute approximate surface area is 274 Å². The van der Waals surface area contributed by atoms with Crippen molar-refractivity contribution in [2.45, 2.75) is 56.4 Å². The van der Waals surface area contributed by atoms with Crippen LogP contribution in [0.5, 0.6) is 0 Å². The van der Waals surface area contributed by atoms with Crippen LogP contribution in [0.15, 0.2) is 118 Å². The Morgan fingerprint density at radius 2 is 1.17 bits per heavy atom. The van der Waals surface area contributed by atoms with Crippen LogP contribution in [0.1, 0.15) is 57.3 Å². The molecule has 2 aliphatic rings. The third kappa shape index (κ3) is 6.11. The van der Waals surface area contributed by atoms with Crippen molar-refractivity contribution in [1.29, 1.82) is 0 Å². The molecule has 214 valence electrons. The maximum absolute atomic E-state index is 2.70. The van der Waals surface area contributed by atoms with Gasteiger partial charge in [-0.15, -0.1) is 0 Å². The van der Waals surface area contributed by atoms with E-state index in [1.807, 2.05) is 3.28 Å². The van der Waals surface area contributed by atoms with Gasteiger partial charge in [0, 0.05) is 0 Å². The van der Waals surface area contributed by atoms with Crippen LogP contribution >= 0.6 is 0 Å². The van der Waals surface area contributed by atoms with Gasteiger partial charge in [-0.25, -0.2) is 0 Å². The Hall–Kier alpha value is -2.09. The van der Waals surface area contributed by atoms with Gasteiger partial charge in [-0.05, 0) is 0 Å². The van der Waals surface area contributed by atoms with Crippen molar-refractivity contribution >= 4 is 11.3 Å². The molecule has 4 aromatic carbocycles. The predicted molar refractivity (Wildman–Crippen MR) is 173 cm³/mol. The van der Waals surface area contributed by atoms with E-state index in [-0.39, 0.29) is 24.8 Å². The molecular weight excluding hydrogens is 647 g/mol. The SMILES string of the molecule is CCc1ccc2c(c1)[CH]([Zr+2]([C]1=C([Si](C)(C)C)C=CC1)=[C](c1ccccc1)c1ccccc1)c1cc(CC)ccc1-2.[Cl-].[Cl-]. The summed E-state index contributed by atoms with van der Waals surface area (Å²) in [5.41, 5.74) is 11.9. The van der Waals surface area contributed by atoms with E-state index < -0.39 is 29.3 Å². The molecule has 42 heavy (non-hydrogen) atoms. The molecule has 0 bridgehead atoms. The molecule has 6 rings (SSSR count). The van der Waals surface area contributed by atoms with E-state index in [4.69, 9.17) is 0 Å². The van der Waals surface area contributed by atoms with Crippen molar-refractivity contribution in [3.63, 3.8) is 0 Å². The standard InChI is InChI=1S/C17H17.C13H10.C8H13Si.2ClH.Zr/c1-3-12-5-7-16-14(9-12)11-15-10-13(4-2)6-8-17(15)16;1-3-7-12(8-4-1)11-13-9-5-2-6-10-13;1-9(2,3)8-6-4-5-7-8;;;/h5-11H,3-4H2,1-2H3;1-10H;4,6H,5H2,1-3H3;2*1H;/q;;;;;+2/p-2. The molecule has 4 aromatic rings. The maximum Gasteiger partial charge on any atom is -1.00 e. The number of rotatable bonds is 7. The molecule has 0 aromatic heterocycles. The van der Waals surface area contributed by atoms with Crippen molar-refractivity contribution in [1.82, 2.24) is 0 Å². The minimum atomic E-state index is -2.70. The summed E-state index contributed by atoms with van der Waals surface area (Å²) in [7, 11) is -1.54. The maximum atomic E-state index is 2.58. The van der Waals surface area contributed by atoms with Gasteiger partial charge in [0.2, 0.25) is 0 Å². The molecule has 0 N–H and O–H groups in total. The van der Waals surface area contributed by atoms with Crippen molar-refractivity contribution in [3.8, 4) is 11.1 Å². The molecule has 2 aliphatic carbocycles. The van der Waals surface area contributed by atoms with Gasteiger partial charge in [-0.2, -0.15) is 0 Å². The summed E-state index contributed by atoms with van der Waals surface area (Å²) in [6.07, 6.45) is 8.29. The van der Waals surface area contributed by atoms with Crippen LogP contribution in [0.3, 0.4) is 0 Å². The molecule has 0 saturated heterocycles. The second-order valence-electron chi connectivity index (χ2n) is 12.3. The minimum absolute atomic E-state index is 0. The number of benzene rings is 4. The molecule has 0 saturated carbocycles. The summed E-state index contributed by atoms with van der Waals surface area (Å²) < 4.78 is 3.96. The van der Waals surface area contributed by atoms with Crippen LogP contribution in [0.4, 0.5) is 0 Å².